The summed E-state index contributed by atoms with van der Waals surface area (Å²) in [5, 5.41) is 36.4. The average Bonchev–Trinajstić information content (AvgIpc) is 2.51. The summed E-state index contributed by atoms with van der Waals surface area (Å²) in [4.78, 5) is 46.8. The van der Waals surface area contributed by atoms with Crippen molar-refractivity contribution in [1.82, 2.24) is 9.80 Å². The van der Waals surface area contributed by atoms with E-state index in [-0.39, 0.29) is 26.3 Å². The summed E-state index contributed by atoms with van der Waals surface area (Å²) in [5.41, 5.74) is 0. The number of nitrogens with zero attached hydrogens (tertiary/aromatic N) is 2. The maximum Gasteiger partial charge on any atom is 0.323 e. The minimum Gasteiger partial charge on any atom is -0.480 e. The second-order valence-electron chi connectivity index (χ2n) is 5.35. The molecule has 0 heterocycles. The van der Waals surface area contributed by atoms with Gasteiger partial charge in [-0.25, -0.2) is 0 Å². The Morgan fingerprint density at radius 3 is 1.23 bits per heavy atom. The molecule has 0 saturated carbocycles. The molecule has 0 spiro atoms. The fourth-order valence-electron chi connectivity index (χ4n) is 2.28. The van der Waals surface area contributed by atoms with E-state index in [1.54, 1.807) is 0 Å². The van der Waals surface area contributed by atoms with E-state index >= 15 is 0 Å². The Balaban J connectivity index is 5.35. The van der Waals surface area contributed by atoms with Gasteiger partial charge in [-0.2, -0.15) is 0 Å². The van der Waals surface area contributed by atoms with Gasteiger partial charge in [-0.3, -0.25) is 29.0 Å². The normalized spacial score (nSPS) is 13.5. The molecular weight excluding hydrogens is 356 g/mol. The van der Waals surface area contributed by atoms with Crippen LogP contribution in [0.5, 0.6) is 0 Å². The minimum atomic E-state index is -1.32. The molecule has 0 rings (SSSR count). The molecule has 12 nitrogen and oxygen atoms in total. The van der Waals surface area contributed by atoms with Crippen LogP contribution in [0.3, 0.4) is 0 Å². The van der Waals surface area contributed by atoms with E-state index < -0.39 is 49.1 Å². The van der Waals surface area contributed by atoms with Gasteiger partial charge < -0.3 is 29.9 Å². The Hall–Kier alpha value is -2.28. The molecule has 0 aliphatic rings. The van der Waals surface area contributed by atoms with Crippen molar-refractivity contribution < 1.29 is 49.1 Å². The van der Waals surface area contributed by atoms with Crippen molar-refractivity contribution in [3.05, 3.63) is 0 Å². The van der Waals surface area contributed by atoms with E-state index in [9.17, 15) is 29.4 Å². The summed E-state index contributed by atoms with van der Waals surface area (Å²) in [7, 11) is 2.51. The average molecular weight is 380 g/mol. The van der Waals surface area contributed by atoms with E-state index in [4.69, 9.17) is 19.7 Å². The summed E-state index contributed by atoms with van der Waals surface area (Å²) in [5.74, 6) is -5.21. The number of hydrogen-bond donors (Lipinski definition) is 4. The lowest BCUT2D eigenvalue weighted by Crippen LogP contribution is -2.53. The number of hydrogen-bond acceptors (Lipinski definition) is 8. The molecule has 26 heavy (non-hydrogen) atoms. The van der Waals surface area contributed by atoms with Crippen molar-refractivity contribution >= 4 is 23.9 Å². The van der Waals surface area contributed by atoms with Gasteiger partial charge in [0.25, 0.3) is 0 Å². The highest BCUT2D eigenvalue weighted by molar-refractivity contribution is 5.76. The largest absolute Gasteiger partial charge is 0.480 e. The highest BCUT2D eigenvalue weighted by Crippen LogP contribution is 2.06. The first-order valence-corrected chi connectivity index (χ1v) is 7.49. The molecule has 0 aromatic heterocycles. The summed E-state index contributed by atoms with van der Waals surface area (Å²) in [6.45, 7) is -2.25. The third-order valence-corrected chi connectivity index (χ3v) is 3.45. The third kappa shape index (κ3) is 8.71. The molecule has 2 unspecified atom stereocenters. The predicted molar refractivity (Wildman–Crippen MR) is 85.0 cm³/mol. The molecule has 0 saturated heterocycles. The molecule has 0 amide bonds. The van der Waals surface area contributed by atoms with E-state index in [0.717, 1.165) is 9.80 Å². The maximum atomic E-state index is 11.3. The highest BCUT2D eigenvalue weighted by Gasteiger charge is 2.31. The van der Waals surface area contributed by atoms with Crippen LogP contribution in [0.4, 0.5) is 0 Å². The number of carboxylic acid groups (broad SMARTS) is 4. The fraction of sp³-hybridized carbons (Fsp3) is 0.714. The molecule has 0 aliphatic heterocycles. The molecule has 0 aliphatic carbocycles. The summed E-state index contributed by atoms with van der Waals surface area (Å²) in [6, 6.07) is -2.57. The van der Waals surface area contributed by atoms with Crippen LogP contribution in [0.15, 0.2) is 0 Å². The zero-order chi connectivity index (χ0) is 20.3. The summed E-state index contributed by atoms with van der Waals surface area (Å²) < 4.78 is 9.57. The maximum absolute atomic E-state index is 11.3. The van der Waals surface area contributed by atoms with Crippen molar-refractivity contribution in [2.75, 3.05) is 53.6 Å². The third-order valence-electron chi connectivity index (χ3n) is 3.45. The Labute approximate surface area is 149 Å². The molecule has 2 atom stereocenters. The van der Waals surface area contributed by atoms with Crippen molar-refractivity contribution in [2.24, 2.45) is 0 Å². The standard InChI is InChI=1S/C14H24N2O10/c1-25-7-9(13(21)22)15(5-11(17)18)3-4-16(6-12(19)20)10(8-26-2)14(23)24/h9-10H,3-8H2,1-2H3,(H,17,18)(H,19,20)(H,21,22)(H,23,24). The Morgan fingerprint density at radius 2 is 1.04 bits per heavy atom. The smallest absolute Gasteiger partial charge is 0.323 e. The SMILES string of the molecule is COCC(C(=O)O)N(CCN(CC(=O)O)C(COC)C(=O)O)CC(=O)O. The number of ether oxygens (including phenoxy) is 2. The summed E-state index contributed by atoms with van der Waals surface area (Å²) in [6.07, 6.45) is 0. The van der Waals surface area contributed by atoms with Crippen molar-refractivity contribution in [2.45, 2.75) is 12.1 Å². The van der Waals surface area contributed by atoms with Crippen LogP contribution >= 0.6 is 0 Å². The first kappa shape index (κ1) is 23.7. The van der Waals surface area contributed by atoms with Gasteiger partial charge in [-0.15, -0.1) is 0 Å². The van der Waals surface area contributed by atoms with Gasteiger partial charge in [0.2, 0.25) is 0 Å². The van der Waals surface area contributed by atoms with Gasteiger partial charge >= 0.3 is 23.9 Å². The lowest BCUT2D eigenvalue weighted by molar-refractivity contribution is -0.152. The van der Waals surface area contributed by atoms with E-state index in [2.05, 4.69) is 0 Å². The number of methoxy groups -OCH3 is 2. The van der Waals surface area contributed by atoms with Crippen LogP contribution in [-0.2, 0) is 28.7 Å². The fourth-order valence-corrected chi connectivity index (χ4v) is 2.28. The number of carboxylic acids is 4. The first-order valence-electron chi connectivity index (χ1n) is 7.49. The van der Waals surface area contributed by atoms with Gasteiger partial charge in [0, 0.05) is 27.3 Å². The van der Waals surface area contributed by atoms with E-state index in [0.29, 0.717) is 0 Å². The number of rotatable bonds is 15. The molecule has 4 N–H and O–H groups in total. The van der Waals surface area contributed by atoms with Crippen LogP contribution in [0.25, 0.3) is 0 Å². The summed E-state index contributed by atoms with van der Waals surface area (Å²) >= 11 is 0. The van der Waals surface area contributed by atoms with Gasteiger partial charge in [0.15, 0.2) is 0 Å². The van der Waals surface area contributed by atoms with Crippen LogP contribution in [0, 0.1) is 0 Å². The molecule has 0 radical (unpaired) electrons. The molecule has 0 bridgehead atoms. The minimum absolute atomic E-state index is 0.201. The Kier molecular flexibility index (Phi) is 11.1. The molecular formula is C14H24N2O10. The molecule has 0 fully saturated rings. The van der Waals surface area contributed by atoms with Gasteiger partial charge in [-0.05, 0) is 0 Å². The van der Waals surface area contributed by atoms with Gasteiger partial charge in [-0.1, -0.05) is 0 Å². The lowest BCUT2D eigenvalue weighted by Gasteiger charge is -2.31. The van der Waals surface area contributed by atoms with Crippen molar-refractivity contribution in [1.29, 1.82) is 0 Å². The first-order chi connectivity index (χ1) is 12.1. The number of aliphatic carboxylic acids is 4. The zero-order valence-electron chi connectivity index (χ0n) is 14.5. The van der Waals surface area contributed by atoms with Crippen LogP contribution in [-0.4, -0.2) is 120 Å². The van der Waals surface area contributed by atoms with Crippen LogP contribution in [0.2, 0.25) is 0 Å². The topological polar surface area (TPSA) is 174 Å². The molecule has 150 valence electrons. The molecule has 12 heteroatoms. The number of carbonyl (C=O) groups is 4. The van der Waals surface area contributed by atoms with Crippen LogP contribution < -0.4 is 0 Å². The van der Waals surface area contributed by atoms with E-state index in [1.165, 1.54) is 14.2 Å². The Morgan fingerprint density at radius 1 is 0.731 bits per heavy atom. The molecule has 0 aromatic carbocycles. The highest BCUT2D eigenvalue weighted by atomic mass is 16.5. The van der Waals surface area contributed by atoms with Crippen LogP contribution in [0.1, 0.15) is 0 Å². The monoisotopic (exact) mass is 380 g/mol. The van der Waals surface area contributed by atoms with Gasteiger partial charge in [0.05, 0.1) is 26.3 Å². The predicted octanol–water partition coefficient (Wildman–Crippen LogP) is -2.04. The quantitative estimate of drug-likeness (QED) is 0.245. The van der Waals surface area contributed by atoms with E-state index in [1.807, 2.05) is 0 Å². The molecule has 0 aromatic rings. The second kappa shape index (κ2) is 12.1. The second-order valence-corrected chi connectivity index (χ2v) is 5.35. The lowest BCUT2D eigenvalue weighted by atomic mass is 10.2. The zero-order valence-corrected chi connectivity index (χ0v) is 14.5. The van der Waals surface area contributed by atoms with Crippen molar-refractivity contribution in [3.8, 4) is 0 Å². The Bertz CT molecular complexity index is 454. The van der Waals surface area contributed by atoms with Crippen molar-refractivity contribution in [3.63, 3.8) is 0 Å². The van der Waals surface area contributed by atoms with Gasteiger partial charge in [0.1, 0.15) is 12.1 Å².